The lowest BCUT2D eigenvalue weighted by molar-refractivity contribution is -0.116. The number of benzene rings is 2. The number of nitrogen functional groups attached to an aromatic ring is 1. The van der Waals surface area contributed by atoms with Gasteiger partial charge < -0.3 is 15.8 Å². The number of anilines is 2. The lowest BCUT2D eigenvalue weighted by atomic mass is 10.2. The lowest BCUT2D eigenvalue weighted by Gasteiger charge is -2.09. The number of rotatable bonds is 7. The molecule has 0 atom stereocenters. The average molecular weight is 481 g/mol. The molecule has 0 aliphatic heterocycles. The molecule has 0 radical (unpaired) electrons. The molecule has 3 N–H and O–H groups in total. The Morgan fingerprint density at radius 2 is 1.94 bits per heavy atom. The van der Waals surface area contributed by atoms with Gasteiger partial charge in [-0.05, 0) is 43.5 Å². The Kier molecular flexibility index (Phi) is 6.83. The fourth-order valence-corrected chi connectivity index (χ4v) is 5.55. The minimum atomic E-state index is -3.91. The van der Waals surface area contributed by atoms with Crippen molar-refractivity contribution in [3.63, 3.8) is 0 Å². The lowest BCUT2D eigenvalue weighted by Crippen LogP contribution is -2.21. The molecule has 2 aromatic carbocycles. The molecule has 164 valence electrons. The summed E-state index contributed by atoms with van der Waals surface area (Å²) < 4.78 is 32.6. The van der Waals surface area contributed by atoms with Crippen LogP contribution >= 0.6 is 23.4 Å². The molecule has 31 heavy (non-hydrogen) atoms. The summed E-state index contributed by atoms with van der Waals surface area (Å²) in [6, 6.07) is 11.3. The molecule has 0 spiro atoms. The van der Waals surface area contributed by atoms with Gasteiger partial charge in [0.25, 0.3) is 0 Å². The first kappa shape index (κ1) is 23.0. The number of sulfone groups is 1. The maximum absolute atomic E-state index is 13.2. The van der Waals surface area contributed by atoms with Crippen LogP contribution in [0, 0.1) is 6.92 Å². The number of nitrogens with zero attached hydrogens (tertiary/aromatic N) is 2. The molecule has 0 saturated heterocycles. The van der Waals surface area contributed by atoms with Crippen molar-refractivity contribution in [3.05, 3.63) is 53.1 Å². The monoisotopic (exact) mass is 480 g/mol. The fraction of sp³-hybridized carbons (Fsp3) is 0.200. The molecule has 1 aromatic heterocycles. The van der Waals surface area contributed by atoms with Gasteiger partial charge in [0.05, 0.1) is 17.0 Å². The minimum absolute atomic E-state index is 0.104. The number of aromatic nitrogens is 2. The molecule has 0 aliphatic carbocycles. The number of nitrogens with one attached hydrogen (secondary N) is 1. The van der Waals surface area contributed by atoms with Crippen LogP contribution in [0.1, 0.15) is 5.56 Å². The van der Waals surface area contributed by atoms with Gasteiger partial charge >= 0.3 is 0 Å². The van der Waals surface area contributed by atoms with Gasteiger partial charge in [0.2, 0.25) is 15.7 Å². The maximum Gasteiger partial charge on any atom is 0.246 e. The van der Waals surface area contributed by atoms with E-state index >= 15 is 0 Å². The molecular weight excluding hydrogens is 460 g/mol. The highest BCUT2D eigenvalue weighted by atomic mass is 35.5. The van der Waals surface area contributed by atoms with Crippen LogP contribution in [-0.4, -0.2) is 37.5 Å². The van der Waals surface area contributed by atoms with Crippen LogP contribution in [0.15, 0.2) is 57.3 Å². The van der Waals surface area contributed by atoms with E-state index in [1.165, 1.54) is 23.9 Å². The topological polar surface area (TPSA) is 116 Å². The van der Waals surface area contributed by atoms with Crippen molar-refractivity contribution < 1.29 is 17.9 Å². The first-order chi connectivity index (χ1) is 14.7. The molecule has 0 aliphatic rings. The van der Waals surface area contributed by atoms with Crippen molar-refractivity contribution in [3.8, 4) is 5.75 Å². The predicted octanol–water partition coefficient (Wildman–Crippen LogP) is 3.63. The minimum Gasteiger partial charge on any atom is -0.495 e. The molecule has 1 amide bonds. The summed E-state index contributed by atoms with van der Waals surface area (Å²) in [6.45, 7) is 1.59. The van der Waals surface area contributed by atoms with Crippen LogP contribution in [0.4, 0.5) is 11.5 Å². The second kappa shape index (κ2) is 9.21. The van der Waals surface area contributed by atoms with E-state index in [1.54, 1.807) is 36.6 Å². The molecule has 8 nitrogen and oxygen atoms in total. The summed E-state index contributed by atoms with van der Waals surface area (Å²) in [5.74, 6) is -0.0678. The van der Waals surface area contributed by atoms with Gasteiger partial charge in [-0.3, -0.25) is 4.79 Å². The Morgan fingerprint density at radius 1 is 1.26 bits per heavy atom. The van der Waals surface area contributed by atoms with E-state index in [0.29, 0.717) is 16.5 Å². The van der Waals surface area contributed by atoms with E-state index in [4.69, 9.17) is 22.1 Å². The van der Waals surface area contributed by atoms with Gasteiger partial charge in [-0.1, -0.05) is 29.3 Å². The summed E-state index contributed by atoms with van der Waals surface area (Å²) in [6.07, 6.45) is 1.69. The second-order valence-corrected chi connectivity index (χ2v) is 9.68. The number of nitrogens with two attached hydrogens (primary N) is 1. The summed E-state index contributed by atoms with van der Waals surface area (Å²) in [5.41, 5.74) is 7.52. The van der Waals surface area contributed by atoms with Crippen molar-refractivity contribution in [1.82, 2.24) is 9.78 Å². The van der Waals surface area contributed by atoms with E-state index in [2.05, 4.69) is 10.4 Å². The van der Waals surface area contributed by atoms with Gasteiger partial charge in [0, 0.05) is 5.69 Å². The molecule has 0 bridgehead atoms. The molecule has 0 unspecified atom stereocenters. The highest BCUT2D eigenvalue weighted by molar-refractivity contribution is 7.99. The smallest absolute Gasteiger partial charge is 0.246 e. The summed E-state index contributed by atoms with van der Waals surface area (Å²) >= 11 is 7.21. The van der Waals surface area contributed by atoms with Crippen molar-refractivity contribution in [2.24, 2.45) is 0 Å². The second-order valence-electron chi connectivity index (χ2n) is 6.60. The van der Waals surface area contributed by atoms with Crippen LogP contribution in [0.3, 0.4) is 0 Å². The van der Waals surface area contributed by atoms with Gasteiger partial charge in [-0.15, -0.1) is 11.8 Å². The molecular formula is C20H21ClN4O4S2. The Labute approximate surface area is 189 Å². The largest absolute Gasteiger partial charge is 0.495 e. The summed E-state index contributed by atoms with van der Waals surface area (Å²) in [4.78, 5) is 12.5. The van der Waals surface area contributed by atoms with E-state index in [1.807, 2.05) is 6.92 Å². The molecule has 0 saturated carbocycles. The SMILES string of the molecule is COc1ccc(NC(=O)Cn2nc(SC)c(S(=O)(=O)c3ccc(C)cc3)c2N)cc1Cl. The number of halogens is 1. The maximum atomic E-state index is 13.2. The van der Waals surface area contributed by atoms with Gasteiger partial charge in [-0.25, -0.2) is 13.1 Å². The van der Waals surface area contributed by atoms with E-state index < -0.39 is 15.7 Å². The third-order valence-electron chi connectivity index (χ3n) is 4.44. The van der Waals surface area contributed by atoms with Gasteiger partial charge in [0.1, 0.15) is 28.0 Å². The van der Waals surface area contributed by atoms with Gasteiger partial charge in [0.15, 0.2) is 0 Å². The van der Waals surface area contributed by atoms with Crippen molar-refractivity contribution in [2.45, 2.75) is 28.3 Å². The number of carbonyl (C=O) groups excluding carboxylic acids is 1. The van der Waals surface area contributed by atoms with Crippen LogP contribution < -0.4 is 15.8 Å². The Morgan fingerprint density at radius 3 is 2.52 bits per heavy atom. The zero-order valence-corrected chi connectivity index (χ0v) is 19.4. The first-order valence-corrected chi connectivity index (χ1v) is 12.1. The van der Waals surface area contributed by atoms with Crippen molar-refractivity contribution in [2.75, 3.05) is 24.4 Å². The number of hydrogen-bond donors (Lipinski definition) is 2. The third-order valence-corrected chi connectivity index (χ3v) is 7.37. The molecule has 3 aromatic rings. The predicted molar refractivity (Wildman–Crippen MR) is 122 cm³/mol. The van der Waals surface area contributed by atoms with E-state index in [-0.39, 0.29) is 27.2 Å². The number of thioether (sulfide) groups is 1. The number of aryl methyl sites for hydroxylation is 1. The third kappa shape index (κ3) is 4.81. The zero-order valence-electron chi connectivity index (χ0n) is 17.0. The average Bonchev–Trinajstić information content (AvgIpc) is 3.04. The zero-order chi connectivity index (χ0) is 22.8. The number of carbonyl (C=O) groups is 1. The highest BCUT2D eigenvalue weighted by Crippen LogP contribution is 2.34. The fourth-order valence-electron chi connectivity index (χ4n) is 2.86. The van der Waals surface area contributed by atoms with Gasteiger partial charge in [-0.2, -0.15) is 5.10 Å². The Balaban J connectivity index is 1.88. The quantitative estimate of drug-likeness (QED) is 0.496. The van der Waals surface area contributed by atoms with Crippen LogP contribution in [0.2, 0.25) is 5.02 Å². The first-order valence-electron chi connectivity index (χ1n) is 9.02. The number of hydrogen-bond acceptors (Lipinski definition) is 7. The summed E-state index contributed by atoms with van der Waals surface area (Å²) in [5, 5.41) is 7.48. The molecule has 3 rings (SSSR count). The van der Waals surface area contributed by atoms with Crippen LogP contribution in [0.25, 0.3) is 0 Å². The number of ether oxygens (including phenoxy) is 1. The normalized spacial score (nSPS) is 11.4. The Bertz CT molecular complexity index is 1220. The molecule has 0 fully saturated rings. The molecule has 11 heteroatoms. The van der Waals surface area contributed by atoms with Crippen LogP contribution in [-0.2, 0) is 21.2 Å². The van der Waals surface area contributed by atoms with E-state index in [9.17, 15) is 13.2 Å². The Hall–Kier alpha value is -2.69. The molecule has 1 heterocycles. The van der Waals surface area contributed by atoms with Crippen molar-refractivity contribution >= 4 is 50.6 Å². The van der Waals surface area contributed by atoms with Crippen molar-refractivity contribution in [1.29, 1.82) is 0 Å². The number of methoxy groups -OCH3 is 1. The summed E-state index contributed by atoms with van der Waals surface area (Å²) in [7, 11) is -2.42. The standard InChI is InChI=1S/C20H21ClN4O4S2/c1-12-4-7-14(8-5-12)31(27,28)18-19(22)25(24-20(18)30-3)11-17(26)23-13-6-9-16(29-2)15(21)10-13/h4-10H,11,22H2,1-3H3,(H,23,26). The van der Waals surface area contributed by atoms with E-state index in [0.717, 1.165) is 17.3 Å². The highest BCUT2D eigenvalue weighted by Gasteiger charge is 2.29. The number of amides is 1. The van der Waals surface area contributed by atoms with Crippen LogP contribution in [0.5, 0.6) is 5.75 Å².